The molecule has 0 aliphatic carbocycles. The Morgan fingerprint density at radius 2 is 2.12 bits per heavy atom. The number of rotatable bonds is 4. The molecule has 0 saturated heterocycles. The van der Waals surface area contributed by atoms with Crippen LogP contribution in [0.4, 0.5) is 0 Å². The second kappa shape index (κ2) is 5.25. The molecule has 3 heteroatoms. The number of aliphatic hydroxyl groups excluding tert-OH is 1. The molecule has 0 aliphatic rings. The van der Waals surface area contributed by atoms with Crippen LogP contribution in [0.1, 0.15) is 25.0 Å². The minimum absolute atomic E-state index is 0.182. The Bertz CT molecular complexity index is 494. The Balaban J connectivity index is 2.35. The van der Waals surface area contributed by atoms with Crippen LogP contribution in [0.3, 0.4) is 0 Å². The number of methoxy groups -OCH3 is 1. The molecule has 2 aromatic rings. The Hall–Kier alpha value is -1.45. The van der Waals surface area contributed by atoms with E-state index in [0.29, 0.717) is 0 Å². The van der Waals surface area contributed by atoms with Crippen molar-refractivity contribution in [3.8, 4) is 0 Å². The van der Waals surface area contributed by atoms with Gasteiger partial charge >= 0.3 is 0 Å². The lowest BCUT2D eigenvalue weighted by molar-refractivity contribution is -0.0149. The normalized spacial score (nSPS) is 14.8. The van der Waals surface area contributed by atoms with Gasteiger partial charge in [0, 0.05) is 24.3 Å². The average Bonchev–Trinajstić information content (AvgIpc) is 2.39. The van der Waals surface area contributed by atoms with E-state index in [4.69, 9.17) is 4.74 Å². The fraction of sp³-hybridized carbons (Fsp3) is 0.357. The van der Waals surface area contributed by atoms with E-state index in [2.05, 4.69) is 4.98 Å². The van der Waals surface area contributed by atoms with Crippen molar-refractivity contribution in [3.05, 3.63) is 42.1 Å². The molecule has 2 atom stereocenters. The molecule has 90 valence electrons. The smallest absolute Gasteiger partial charge is 0.107 e. The van der Waals surface area contributed by atoms with E-state index in [1.165, 1.54) is 0 Å². The highest BCUT2D eigenvalue weighted by Gasteiger charge is 2.19. The third-order valence-electron chi connectivity index (χ3n) is 3.01. The van der Waals surface area contributed by atoms with Gasteiger partial charge in [0.15, 0.2) is 0 Å². The summed E-state index contributed by atoms with van der Waals surface area (Å²) in [4.78, 5) is 4.34. The third kappa shape index (κ3) is 2.46. The van der Waals surface area contributed by atoms with E-state index >= 15 is 0 Å². The molecule has 2 rings (SSSR count). The van der Waals surface area contributed by atoms with Crippen LogP contribution in [0.5, 0.6) is 0 Å². The van der Waals surface area contributed by atoms with Gasteiger partial charge in [0.1, 0.15) is 6.10 Å². The van der Waals surface area contributed by atoms with E-state index in [-0.39, 0.29) is 6.10 Å². The van der Waals surface area contributed by atoms with Gasteiger partial charge in [0.25, 0.3) is 0 Å². The van der Waals surface area contributed by atoms with Crippen LogP contribution in [0, 0.1) is 0 Å². The number of aliphatic hydroxyl groups is 1. The summed E-state index contributed by atoms with van der Waals surface area (Å²) in [7, 11) is 1.62. The average molecular weight is 231 g/mol. The van der Waals surface area contributed by atoms with E-state index in [0.717, 1.165) is 22.9 Å². The monoisotopic (exact) mass is 231 g/mol. The molecular weight excluding hydrogens is 214 g/mol. The number of aromatic nitrogens is 1. The molecule has 0 spiro atoms. The number of ether oxygens (including phenoxy) is 1. The van der Waals surface area contributed by atoms with Crippen LogP contribution in [0.2, 0.25) is 0 Å². The summed E-state index contributed by atoms with van der Waals surface area (Å²) in [6.45, 7) is 1.99. The maximum Gasteiger partial charge on any atom is 0.107 e. The van der Waals surface area contributed by atoms with E-state index in [1.807, 2.05) is 37.3 Å². The highest BCUT2D eigenvalue weighted by molar-refractivity contribution is 5.78. The number of benzene rings is 1. The van der Waals surface area contributed by atoms with Crippen LogP contribution in [-0.2, 0) is 4.74 Å². The van der Waals surface area contributed by atoms with E-state index in [1.54, 1.807) is 13.3 Å². The minimum Gasteiger partial charge on any atom is -0.386 e. The van der Waals surface area contributed by atoms with Gasteiger partial charge in [-0.05, 0) is 18.6 Å². The van der Waals surface area contributed by atoms with E-state index < -0.39 is 6.10 Å². The largest absolute Gasteiger partial charge is 0.386 e. The molecule has 0 amide bonds. The molecule has 0 fully saturated rings. The molecule has 0 aliphatic heterocycles. The van der Waals surface area contributed by atoms with Gasteiger partial charge < -0.3 is 9.84 Å². The first-order valence-corrected chi connectivity index (χ1v) is 5.81. The molecule has 17 heavy (non-hydrogen) atoms. The Kier molecular flexibility index (Phi) is 3.71. The summed E-state index contributed by atoms with van der Waals surface area (Å²) in [6, 6.07) is 9.84. The highest BCUT2D eigenvalue weighted by atomic mass is 16.5. The zero-order valence-corrected chi connectivity index (χ0v) is 10.1. The van der Waals surface area contributed by atoms with Gasteiger partial charge in [0.05, 0.1) is 11.6 Å². The van der Waals surface area contributed by atoms with Crippen molar-refractivity contribution in [2.45, 2.75) is 25.6 Å². The first-order valence-electron chi connectivity index (χ1n) is 5.81. The van der Waals surface area contributed by atoms with Crippen LogP contribution < -0.4 is 0 Å². The van der Waals surface area contributed by atoms with Crippen molar-refractivity contribution in [2.24, 2.45) is 0 Å². The van der Waals surface area contributed by atoms with Crippen molar-refractivity contribution >= 4 is 10.9 Å². The summed E-state index contributed by atoms with van der Waals surface area (Å²) < 4.78 is 5.25. The Labute approximate surface area is 101 Å². The fourth-order valence-electron chi connectivity index (χ4n) is 1.98. The van der Waals surface area contributed by atoms with Crippen LogP contribution >= 0.6 is 0 Å². The summed E-state index contributed by atoms with van der Waals surface area (Å²) in [5, 5.41) is 11.2. The number of nitrogens with zero attached hydrogens (tertiary/aromatic N) is 1. The number of hydrogen-bond donors (Lipinski definition) is 1. The lowest BCUT2D eigenvalue weighted by Crippen LogP contribution is -2.19. The van der Waals surface area contributed by atoms with Gasteiger partial charge in [-0.2, -0.15) is 0 Å². The van der Waals surface area contributed by atoms with Crippen LogP contribution in [0.15, 0.2) is 36.5 Å². The maximum absolute atomic E-state index is 10.2. The second-order valence-corrected chi connectivity index (χ2v) is 4.09. The fourth-order valence-corrected chi connectivity index (χ4v) is 1.98. The molecule has 1 aromatic carbocycles. The van der Waals surface area contributed by atoms with Gasteiger partial charge in [-0.3, -0.25) is 4.98 Å². The number of pyridine rings is 1. The zero-order chi connectivity index (χ0) is 12.3. The van der Waals surface area contributed by atoms with Crippen LogP contribution in [0.25, 0.3) is 10.9 Å². The molecule has 2 unspecified atom stereocenters. The number of para-hydroxylation sites is 1. The SMILES string of the molecule is CCC(OC)C(O)c1cnc2ccccc2c1. The van der Waals surface area contributed by atoms with Crippen molar-refractivity contribution in [1.82, 2.24) is 4.98 Å². The van der Waals surface area contributed by atoms with Crippen molar-refractivity contribution in [2.75, 3.05) is 7.11 Å². The summed E-state index contributed by atoms with van der Waals surface area (Å²) in [5.74, 6) is 0. The molecule has 0 radical (unpaired) electrons. The topological polar surface area (TPSA) is 42.4 Å². The Morgan fingerprint density at radius 3 is 2.82 bits per heavy atom. The summed E-state index contributed by atoms with van der Waals surface area (Å²) >= 11 is 0. The van der Waals surface area contributed by atoms with Gasteiger partial charge in [-0.25, -0.2) is 0 Å². The standard InChI is InChI=1S/C14H17NO2/c1-3-13(17-2)14(16)11-8-10-6-4-5-7-12(10)15-9-11/h4-9,13-14,16H,3H2,1-2H3. The van der Waals surface area contributed by atoms with Gasteiger partial charge in [-0.1, -0.05) is 25.1 Å². The zero-order valence-electron chi connectivity index (χ0n) is 10.1. The Morgan fingerprint density at radius 1 is 1.35 bits per heavy atom. The quantitative estimate of drug-likeness (QED) is 0.879. The van der Waals surface area contributed by atoms with Crippen molar-refractivity contribution < 1.29 is 9.84 Å². The van der Waals surface area contributed by atoms with Crippen molar-refractivity contribution in [1.29, 1.82) is 0 Å². The highest BCUT2D eigenvalue weighted by Crippen LogP contribution is 2.23. The molecular formula is C14H17NO2. The lowest BCUT2D eigenvalue weighted by atomic mass is 10.0. The van der Waals surface area contributed by atoms with Crippen molar-refractivity contribution in [3.63, 3.8) is 0 Å². The van der Waals surface area contributed by atoms with E-state index in [9.17, 15) is 5.11 Å². The third-order valence-corrected chi connectivity index (χ3v) is 3.01. The minimum atomic E-state index is -0.623. The summed E-state index contributed by atoms with van der Waals surface area (Å²) in [5.41, 5.74) is 1.74. The van der Waals surface area contributed by atoms with Gasteiger partial charge in [0.2, 0.25) is 0 Å². The molecule has 1 aromatic heterocycles. The predicted molar refractivity (Wildman–Crippen MR) is 67.8 cm³/mol. The molecule has 0 saturated carbocycles. The van der Waals surface area contributed by atoms with Crippen LogP contribution in [-0.4, -0.2) is 23.3 Å². The summed E-state index contributed by atoms with van der Waals surface area (Å²) in [6.07, 6.45) is 1.68. The first-order chi connectivity index (χ1) is 8.26. The lowest BCUT2D eigenvalue weighted by Gasteiger charge is -2.20. The number of hydrogen-bond acceptors (Lipinski definition) is 3. The maximum atomic E-state index is 10.2. The predicted octanol–water partition coefficient (Wildman–Crippen LogP) is 2.69. The molecule has 1 N–H and O–H groups in total. The molecule has 0 bridgehead atoms. The molecule has 3 nitrogen and oxygen atoms in total. The molecule has 1 heterocycles. The second-order valence-electron chi connectivity index (χ2n) is 4.09. The van der Waals surface area contributed by atoms with Gasteiger partial charge in [-0.15, -0.1) is 0 Å². The first kappa shape index (κ1) is 12.0. The number of fused-ring (bicyclic) bond motifs is 1.